The molecule has 0 radical (unpaired) electrons. The second-order valence-electron chi connectivity index (χ2n) is 3.41. The third kappa shape index (κ3) is 3.97. The van der Waals surface area contributed by atoms with E-state index in [1.165, 1.54) is 19.2 Å². The van der Waals surface area contributed by atoms with Crippen molar-refractivity contribution < 1.29 is 17.9 Å². The molecule has 8 heteroatoms. The molecule has 0 amide bonds. The highest BCUT2D eigenvalue weighted by Crippen LogP contribution is 2.22. The second-order valence-corrected chi connectivity index (χ2v) is 6.06. The van der Waals surface area contributed by atoms with Crippen molar-refractivity contribution in [3.05, 3.63) is 22.7 Å². The van der Waals surface area contributed by atoms with Crippen molar-refractivity contribution in [2.75, 3.05) is 19.4 Å². The van der Waals surface area contributed by atoms with Crippen molar-refractivity contribution >= 4 is 37.6 Å². The number of methoxy groups -OCH3 is 1. The molecule has 0 aliphatic carbocycles. The summed E-state index contributed by atoms with van der Waals surface area (Å²) in [5, 5.41) is 0. The number of hydrogen-bond acceptors (Lipinski definition) is 5. The number of nitrogen functional groups attached to an aromatic ring is 1. The largest absolute Gasteiger partial charge is 0.469 e. The van der Waals surface area contributed by atoms with Gasteiger partial charge in [0.2, 0.25) is 10.0 Å². The maximum absolute atomic E-state index is 11.9. The summed E-state index contributed by atoms with van der Waals surface area (Å²) in [5.41, 5.74) is 5.76. The number of carbonyl (C=O) groups is 1. The van der Waals surface area contributed by atoms with Gasteiger partial charge in [0.1, 0.15) is 4.90 Å². The molecule has 0 spiro atoms. The molecule has 0 unspecified atom stereocenters. The number of nitrogens with one attached hydrogen (secondary N) is 1. The molecular weight excluding hydrogens is 324 g/mol. The Kier molecular flexibility index (Phi) is 5.12. The Morgan fingerprint density at radius 3 is 2.72 bits per heavy atom. The van der Waals surface area contributed by atoms with Crippen LogP contribution in [0.15, 0.2) is 27.6 Å². The van der Waals surface area contributed by atoms with Crippen LogP contribution in [-0.4, -0.2) is 28.0 Å². The van der Waals surface area contributed by atoms with E-state index in [2.05, 4.69) is 25.4 Å². The summed E-state index contributed by atoms with van der Waals surface area (Å²) >= 11 is 3.19. The van der Waals surface area contributed by atoms with Crippen LogP contribution >= 0.6 is 15.9 Å². The molecule has 0 saturated carbocycles. The molecule has 0 saturated heterocycles. The van der Waals surface area contributed by atoms with E-state index in [-0.39, 0.29) is 23.5 Å². The van der Waals surface area contributed by atoms with Crippen LogP contribution in [0.3, 0.4) is 0 Å². The maximum Gasteiger partial charge on any atom is 0.306 e. The lowest BCUT2D eigenvalue weighted by atomic mass is 10.3. The Bertz CT molecular complexity index is 545. The van der Waals surface area contributed by atoms with Gasteiger partial charge in [-0.05, 0) is 18.2 Å². The van der Waals surface area contributed by atoms with Crippen LogP contribution in [0.5, 0.6) is 0 Å². The first kappa shape index (κ1) is 14.9. The van der Waals surface area contributed by atoms with Crippen LogP contribution in [-0.2, 0) is 19.6 Å². The van der Waals surface area contributed by atoms with E-state index < -0.39 is 16.0 Å². The molecule has 0 heterocycles. The minimum absolute atomic E-state index is 0.0180. The molecule has 100 valence electrons. The molecule has 0 fully saturated rings. The van der Waals surface area contributed by atoms with Crippen LogP contribution < -0.4 is 10.5 Å². The first-order valence-corrected chi connectivity index (χ1v) is 7.26. The van der Waals surface area contributed by atoms with E-state index in [4.69, 9.17) is 5.73 Å². The first-order chi connectivity index (χ1) is 8.36. The van der Waals surface area contributed by atoms with Gasteiger partial charge in [-0.1, -0.05) is 15.9 Å². The highest BCUT2D eigenvalue weighted by molar-refractivity contribution is 9.10. The van der Waals surface area contributed by atoms with Gasteiger partial charge in [-0.25, -0.2) is 13.1 Å². The fraction of sp³-hybridized carbons (Fsp3) is 0.300. The second kappa shape index (κ2) is 6.17. The Morgan fingerprint density at radius 1 is 1.50 bits per heavy atom. The average molecular weight is 337 g/mol. The van der Waals surface area contributed by atoms with Gasteiger partial charge in [0.25, 0.3) is 0 Å². The van der Waals surface area contributed by atoms with Crippen LogP contribution in [0.2, 0.25) is 0 Å². The van der Waals surface area contributed by atoms with E-state index in [0.29, 0.717) is 4.47 Å². The molecule has 3 N–H and O–H groups in total. The van der Waals surface area contributed by atoms with Crippen molar-refractivity contribution in [1.29, 1.82) is 0 Å². The van der Waals surface area contributed by atoms with Gasteiger partial charge in [-0.3, -0.25) is 4.79 Å². The fourth-order valence-corrected chi connectivity index (χ4v) is 2.75. The number of carbonyl (C=O) groups excluding carboxylic acids is 1. The van der Waals surface area contributed by atoms with Crippen molar-refractivity contribution in [3.63, 3.8) is 0 Å². The predicted molar refractivity (Wildman–Crippen MR) is 70.4 cm³/mol. The number of anilines is 1. The quantitative estimate of drug-likeness (QED) is 0.614. The summed E-state index contributed by atoms with van der Waals surface area (Å²) in [5.74, 6) is -0.485. The molecule has 1 aromatic rings. The normalized spacial score (nSPS) is 11.2. The summed E-state index contributed by atoms with van der Waals surface area (Å²) in [6.07, 6.45) is -0.0356. The Balaban J connectivity index is 2.77. The molecule has 6 nitrogen and oxygen atoms in total. The number of esters is 1. The van der Waals surface area contributed by atoms with Crippen molar-refractivity contribution in [2.45, 2.75) is 11.3 Å². The van der Waals surface area contributed by atoms with Crippen LogP contribution in [0.25, 0.3) is 0 Å². The van der Waals surface area contributed by atoms with E-state index in [0.717, 1.165) is 0 Å². The molecule has 1 aromatic carbocycles. The molecule has 18 heavy (non-hydrogen) atoms. The summed E-state index contributed by atoms with van der Waals surface area (Å²) < 4.78 is 31.1. The molecule has 0 atom stereocenters. The van der Waals surface area contributed by atoms with E-state index in [9.17, 15) is 13.2 Å². The number of ether oxygens (including phenoxy) is 1. The molecule has 0 aliphatic rings. The number of rotatable bonds is 5. The van der Waals surface area contributed by atoms with Gasteiger partial charge in [0, 0.05) is 11.0 Å². The number of halogens is 1. The third-order valence-electron chi connectivity index (χ3n) is 2.11. The van der Waals surface area contributed by atoms with Crippen molar-refractivity contribution in [3.8, 4) is 0 Å². The summed E-state index contributed by atoms with van der Waals surface area (Å²) in [6.45, 7) is -0.0372. The smallest absolute Gasteiger partial charge is 0.306 e. The molecule has 0 aromatic heterocycles. The van der Waals surface area contributed by atoms with Gasteiger partial charge in [0.15, 0.2) is 0 Å². The summed E-state index contributed by atoms with van der Waals surface area (Å²) in [7, 11) is -2.48. The maximum atomic E-state index is 11.9. The minimum Gasteiger partial charge on any atom is -0.469 e. The lowest BCUT2D eigenvalue weighted by molar-refractivity contribution is -0.140. The molecular formula is C10H13BrN2O4S. The first-order valence-electron chi connectivity index (χ1n) is 4.98. The van der Waals surface area contributed by atoms with Gasteiger partial charge in [-0.15, -0.1) is 0 Å². The SMILES string of the molecule is COC(=O)CCNS(=O)(=O)c1ccc(Br)cc1N. The zero-order chi connectivity index (χ0) is 13.8. The highest BCUT2D eigenvalue weighted by Gasteiger charge is 2.17. The van der Waals surface area contributed by atoms with Gasteiger partial charge in [-0.2, -0.15) is 0 Å². The Hall–Kier alpha value is -1.12. The van der Waals surface area contributed by atoms with Crippen LogP contribution in [0.1, 0.15) is 6.42 Å². The molecule has 1 rings (SSSR count). The zero-order valence-electron chi connectivity index (χ0n) is 9.64. The number of sulfonamides is 1. The topological polar surface area (TPSA) is 98.5 Å². The molecule has 0 aliphatic heterocycles. The summed E-state index contributed by atoms with van der Waals surface area (Å²) in [6, 6.07) is 4.46. The van der Waals surface area contributed by atoms with Gasteiger partial charge < -0.3 is 10.5 Å². The van der Waals surface area contributed by atoms with E-state index in [1.807, 2.05) is 0 Å². The number of benzene rings is 1. The zero-order valence-corrected chi connectivity index (χ0v) is 12.0. The Morgan fingerprint density at radius 2 is 2.17 bits per heavy atom. The third-order valence-corrected chi connectivity index (χ3v) is 4.14. The Labute approximate surface area is 114 Å². The number of nitrogens with two attached hydrogens (primary N) is 1. The highest BCUT2D eigenvalue weighted by atomic mass is 79.9. The van der Waals surface area contributed by atoms with E-state index >= 15 is 0 Å². The fourth-order valence-electron chi connectivity index (χ4n) is 1.23. The standard InChI is InChI=1S/C10H13BrN2O4S/c1-17-10(14)4-5-13-18(15,16)9-3-2-7(11)6-8(9)12/h2-3,6,13H,4-5,12H2,1H3. The summed E-state index contributed by atoms with van der Waals surface area (Å²) in [4.78, 5) is 10.8. The lowest BCUT2D eigenvalue weighted by Gasteiger charge is -2.08. The predicted octanol–water partition coefficient (Wildman–Crippen LogP) is 0.873. The van der Waals surface area contributed by atoms with Gasteiger partial charge >= 0.3 is 5.97 Å². The van der Waals surface area contributed by atoms with Gasteiger partial charge in [0.05, 0.1) is 19.2 Å². The number of hydrogen-bond donors (Lipinski definition) is 2. The minimum atomic E-state index is -3.72. The van der Waals surface area contributed by atoms with Crippen LogP contribution in [0.4, 0.5) is 5.69 Å². The van der Waals surface area contributed by atoms with Crippen LogP contribution in [0, 0.1) is 0 Å². The van der Waals surface area contributed by atoms with Crippen molar-refractivity contribution in [2.24, 2.45) is 0 Å². The average Bonchev–Trinajstić information content (AvgIpc) is 2.27. The molecule has 0 bridgehead atoms. The lowest BCUT2D eigenvalue weighted by Crippen LogP contribution is -2.27. The van der Waals surface area contributed by atoms with Crippen molar-refractivity contribution in [1.82, 2.24) is 4.72 Å². The van der Waals surface area contributed by atoms with E-state index in [1.54, 1.807) is 6.07 Å². The monoisotopic (exact) mass is 336 g/mol.